The average Bonchev–Trinajstić information content (AvgIpc) is 3.02. The normalized spacial score (nSPS) is 24.6. The van der Waals surface area contributed by atoms with Gasteiger partial charge in [-0.3, -0.25) is 14.6 Å². The Labute approximate surface area is 202 Å². The molecule has 3 aliphatic rings. The van der Waals surface area contributed by atoms with Gasteiger partial charge in [0.05, 0.1) is 19.3 Å². The van der Waals surface area contributed by atoms with E-state index in [9.17, 15) is 14.0 Å². The molecule has 1 aromatic carbocycles. The predicted octanol–water partition coefficient (Wildman–Crippen LogP) is 3.81. The number of carbonyl (C=O) groups excluding carboxylic acids is 2. The highest BCUT2D eigenvalue weighted by Gasteiger charge is 2.44. The second-order valence-corrected chi connectivity index (χ2v) is 10.7. The van der Waals surface area contributed by atoms with E-state index in [1.807, 2.05) is 25.7 Å². The lowest BCUT2D eigenvalue weighted by atomic mass is 9.91. The average molecular weight is 476 g/mol. The Kier molecular flexibility index (Phi) is 7.77. The Hall–Kier alpha value is -2.19. The maximum atomic E-state index is 13.6. The molecule has 1 unspecified atom stereocenters. The summed E-state index contributed by atoms with van der Waals surface area (Å²) in [6, 6.07) is 6.34. The minimum absolute atomic E-state index is 0.0295. The van der Waals surface area contributed by atoms with Crippen LogP contribution < -0.4 is 0 Å². The molecule has 0 bridgehead atoms. The Morgan fingerprint density at radius 2 is 1.88 bits per heavy atom. The number of ether oxygens (including phenoxy) is 2. The van der Waals surface area contributed by atoms with Crippen molar-refractivity contribution < 1.29 is 23.5 Å². The van der Waals surface area contributed by atoms with Gasteiger partial charge in [-0.2, -0.15) is 0 Å². The van der Waals surface area contributed by atoms with Gasteiger partial charge in [0.1, 0.15) is 17.5 Å². The quantitative estimate of drug-likeness (QED) is 0.648. The number of hydrogen-bond donors (Lipinski definition) is 0. The van der Waals surface area contributed by atoms with Gasteiger partial charge in [0.15, 0.2) is 0 Å². The van der Waals surface area contributed by atoms with Crippen LogP contribution in [0, 0.1) is 5.82 Å². The highest BCUT2D eigenvalue weighted by Crippen LogP contribution is 2.28. The summed E-state index contributed by atoms with van der Waals surface area (Å²) in [6.07, 6.45) is 4.36. The summed E-state index contributed by atoms with van der Waals surface area (Å²) < 4.78 is 25.2. The van der Waals surface area contributed by atoms with Crippen LogP contribution in [0.1, 0.15) is 58.4 Å². The summed E-state index contributed by atoms with van der Waals surface area (Å²) in [6.45, 7) is 9.26. The highest BCUT2D eigenvalue weighted by atomic mass is 19.1. The lowest BCUT2D eigenvalue weighted by molar-refractivity contribution is -0.135. The first-order chi connectivity index (χ1) is 16.2. The third kappa shape index (κ3) is 6.27. The molecular formula is C26H38FN3O4. The van der Waals surface area contributed by atoms with Crippen molar-refractivity contribution in [2.24, 2.45) is 0 Å². The van der Waals surface area contributed by atoms with Gasteiger partial charge < -0.3 is 14.4 Å². The fourth-order valence-electron chi connectivity index (χ4n) is 5.00. The molecule has 8 heteroatoms. The van der Waals surface area contributed by atoms with Crippen LogP contribution in [-0.2, 0) is 20.9 Å². The summed E-state index contributed by atoms with van der Waals surface area (Å²) >= 11 is 0. The number of nitrogens with zero attached hydrogens (tertiary/aromatic N) is 3. The lowest BCUT2D eigenvalue weighted by Gasteiger charge is -2.37. The van der Waals surface area contributed by atoms with Crippen LogP contribution in [0.15, 0.2) is 24.3 Å². The third-order valence-electron chi connectivity index (χ3n) is 6.98. The molecule has 7 nitrogen and oxygen atoms in total. The summed E-state index contributed by atoms with van der Waals surface area (Å²) in [5.74, 6) is -0.341. The fraction of sp³-hybridized carbons (Fsp3) is 0.692. The number of benzene rings is 1. The maximum absolute atomic E-state index is 13.6. The zero-order valence-corrected chi connectivity index (χ0v) is 20.7. The van der Waals surface area contributed by atoms with Gasteiger partial charge in [-0.25, -0.2) is 9.18 Å². The monoisotopic (exact) mass is 475 g/mol. The van der Waals surface area contributed by atoms with Crippen LogP contribution in [0.2, 0.25) is 0 Å². The summed E-state index contributed by atoms with van der Waals surface area (Å²) in [4.78, 5) is 32.6. The molecule has 2 heterocycles. The fourth-order valence-corrected chi connectivity index (χ4v) is 5.00. The molecule has 0 radical (unpaired) electrons. The molecule has 34 heavy (non-hydrogen) atoms. The standard InChI is InChI=1S/C26H38FN3O4/c1-26(2,3)34-25(32)30-17-22(33-18-19-7-4-8-20(27)15-19)16-23(30)24(31)29-12-6-11-28(13-14-29)21-9-5-10-21/h4,7-8,15,21-23H,5-6,9-14,16-18H2,1-3H3/t22?,23-/m1/s1. The van der Waals surface area contributed by atoms with E-state index in [1.54, 1.807) is 12.1 Å². The van der Waals surface area contributed by atoms with E-state index >= 15 is 0 Å². The number of hydrogen-bond acceptors (Lipinski definition) is 5. The van der Waals surface area contributed by atoms with Gasteiger partial charge in [0.2, 0.25) is 5.91 Å². The van der Waals surface area contributed by atoms with Crippen LogP contribution in [0.25, 0.3) is 0 Å². The summed E-state index contributed by atoms with van der Waals surface area (Å²) in [7, 11) is 0. The molecule has 2 atom stereocenters. The van der Waals surface area contributed by atoms with E-state index in [1.165, 1.54) is 36.3 Å². The minimum Gasteiger partial charge on any atom is -0.444 e. The molecule has 1 aromatic rings. The number of halogens is 1. The van der Waals surface area contributed by atoms with E-state index < -0.39 is 17.7 Å². The molecule has 1 aliphatic carbocycles. The molecule has 0 aromatic heterocycles. The van der Waals surface area contributed by atoms with Crippen LogP contribution in [0.4, 0.5) is 9.18 Å². The van der Waals surface area contributed by atoms with E-state index in [0.717, 1.165) is 25.1 Å². The smallest absolute Gasteiger partial charge is 0.411 e. The van der Waals surface area contributed by atoms with Gasteiger partial charge >= 0.3 is 6.09 Å². The molecule has 1 saturated carbocycles. The van der Waals surface area contributed by atoms with Gasteiger partial charge in [-0.05, 0) is 57.7 Å². The molecule has 2 saturated heterocycles. The molecule has 0 N–H and O–H groups in total. The van der Waals surface area contributed by atoms with E-state index in [0.29, 0.717) is 25.6 Å². The van der Waals surface area contributed by atoms with Gasteiger partial charge in [0.25, 0.3) is 0 Å². The van der Waals surface area contributed by atoms with Crippen molar-refractivity contribution in [1.29, 1.82) is 0 Å². The number of carbonyl (C=O) groups is 2. The zero-order chi connectivity index (χ0) is 24.3. The highest BCUT2D eigenvalue weighted by molar-refractivity contribution is 5.86. The van der Waals surface area contributed by atoms with Crippen LogP contribution in [0.3, 0.4) is 0 Å². The first kappa shape index (κ1) is 24.9. The van der Waals surface area contributed by atoms with Crippen molar-refractivity contribution in [3.8, 4) is 0 Å². The predicted molar refractivity (Wildman–Crippen MR) is 127 cm³/mol. The number of amides is 2. The summed E-state index contributed by atoms with van der Waals surface area (Å²) in [5, 5.41) is 0. The number of likely N-dealkylation sites (tertiary alicyclic amines) is 1. The first-order valence-corrected chi connectivity index (χ1v) is 12.6. The molecule has 4 rings (SSSR count). The van der Waals surface area contributed by atoms with E-state index in [4.69, 9.17) is 9.47 Å². The molecular weight excluding hydrogens is 437 g/mol. The van der Waals surface area contributed by atoms with E-state index in [-0.39, 0.29) is 31.0 Å². The number of rotatable bonds is 5. The second kappa shape index (κ2) is 10.6. The zero-order valence-electron chi connectivity index (χ0n) is 20.7. The molecule has 0 spiro atoms. The molecule has 3 fully saturated rings. The maximum Gasteiger partial charge on any atom is 0.411 e. The minimum atomic E-state index is -0.656. The Bertz CT molecular complexity index is 870. The van der Waals surface area contributed by atoms with Crippen molar-refractivity contribution in [3.05, 3.63) is 35.6 Å². The van der Waals surface area contributed by atoms with Gasteiger partial charge in [0, 0.05) is 38.6 Å². The van der Waals surface area contributed by atoms with Gasteiger partial charge in [-0.1, -0.05) is 18.6 Å². The topological polar surface area (TPSA) is 62.3 Å². The van der Waals surface area contributed by atoms with Crippen molar-refractivity contribution in [2.45, 2.75) is 83.3 Å². The largest absolute Gasteiger partial charge is 0.444 e. The van der Waals surface area contributed by atoms with Crippen molar-refractivity contribution in [1.82, 2.24) is 14.7 Å². The second-order valence-electron chi connectivity index (χ2n) is 10.7. The SMILES string of the molecule is CC(C)(C)OC(=O)N1CC(OCc2cccc(F)c2)C[C@@H]1C(=O)N1CCCN(C2CCC2)CC1. The molecule has 2 amide bonds. The first-order valence-electron chi connectivity index (χ1n) is 12.6. The Morgan fingerprint density at radius 1 is 1.09 bits per heavy atom. The van der Waals surface area contributed by atoms with Crippen LogP contribution >= 0.6 is 0 Å². The van der Waals surface area contributed by atoms with Gasteiger partial charge in [-0.15, -0.1) is 0 Å². The third-order valence-corrected chi connectivity index (χ3v) is 6.98. The van der Waals surface area contributed by atoms with Crippen LogP contribution in [0.5, 0.6) is 0 Å². The summed E-state index contributed by atoms with van der Waals surface area (Å²) in [5.41, 5.74) is 0.0686. The van der Waals surface area contributed by atoms with Crippen LogP contribution in [-0.4, -0.2) is 83.2 Å². The van der Waals surface area contributed by atoms with Crippen molar-refractivity contribution in [2.75, 3.05) is 32.7 Å². The van der Waals surface area contributed by atoms with E-state index in [2.05, 4.69) is 4.90 Å². The molecule has 2 aliphatic heterocycles. The Balaban J connectivity index is 1.42. The van der Waals surface area contributed by atoms with Crippen molar-refractivity contribution in [3.63, 3.8) is 0 Å². The lowest BCUT2D eigenvalue weighted by Crippen LogP contribution is -2.50. The molecule has 188 valence electrons. The van der Waals surface area contributed by atoms with Crippen molar-refractivity contribution >= 4 is 12.0 Å². The Morgan fingerprint density at radius 3 is 2.56 bits per heavy atom.